The fraction of sp³-hybridized carbons (Fsp3) is 0.588. The molecule has 4 nitrogen and oxygen atoms in total. The van der Waals surface area contributed by atoms with E-state index >= 15 is 0 Å². The summed E-state index contributed by atoms with van der Waals surface area (Å²) in [5.41, 5.74) is 6.26. The Morgan fingerprint density at radius 3 is 2.62 bits per heavy atom. The summed E-state index contributed by atoms with van der Waals surface area (Å²) in [5.74, 6) is 1.69. The first-order valence-electron chi connectivity index (χ1n) is 7.74. The van der Waals surface area contributed by atoms with Crippen molar-refractivity contribution in [3.05, 3.63) is 24.3 Å². The minimum Gasteiger partial charge on any atom is -0.491 e. The van der Waals surface area contributed by atoms with Crippen molar-refractivity contribution in [2.75, 3.05) is 18.5 Å². The van der Waals surface area contributed by atoms with Gasteiger partial charge in [0, 0.05) is 6.42 Å². The molecule has 1 rings (SSSR count). The van der Waals surface area contributed by atoms with Gasteiger partial charge in [-0.05, 0) is 43.4 Å². The van der Waals surface area contributed by atoms with Crippen LogP contribution >= 0.6 is 0 Å². The Kier molecular flexibility index (Phi) is 7.83. The van der Waals surface area contributed by atoms with E-state index in [1.165, 1.54) is 0 Å². The molecule has 0 spiro atoms. The quantitative estimate of drug-likeness (QED) is 0.733. The van der Waals surface area contributed by atoms with Crippen molar-refractivity contribution in [1.29, 1.82) is 0 Å². The van der Waals surface area contributed by atoms with Crippen molar-refractivity contribution in [2.45, 2.75) is 40.0 Å². The van der Waals surface area contributed by atoms with Crippen LogP contribution in [-0.4, -0.2) is 19.1 Å². The van der Waals surface area contributed by atoms with Crippen LogP contribution in [-0.2, 0) is 4.79 Å². The first-order chi connectivity index (χ1) is 10.0. The minimum atomic E-state index is 0.0273. The van der Waals surface area contributed by atoms with Gasteiger partial charge in [0.1, 0.15) is 5.75 Å². The van der Waals surface area contributed by atoms with Gasteiger partial charge in [0.25, 0.3) is 0 Å². The maximum absolute atomic E-state index is 12.0. The molecule has 0 bridgehead atoms. The van der Waals surface area contributed by atoms with Crippen LogP contribution < -0.4 is 15.8 Å². The highest BCUT2D eigenvalue weighted by Crippen LogP contribution is 2.24. The molecule has 0 fully saturated rings. The summed E-state index contributed by atoms with van der Waals surface area (Å²) in [4.78, 5) is 12.0. The molecule has 1 atom stereocenters. The van der Waals surface area contributed by atoms with Crippen molar-refractivity contribution in [2.24, 2.45) is 17.6 Å². The number of hydrogen-bond donors (Lipinski definition) is 2. The van der Waals surface area contributed by atoms with Crippen molar-refractivity contribution in [3.63, 3.8) is 0 Å². The van der Waals surface area contributed by atoms with Gasteiger partial charge in [-0.2, -0.15) is 0 Å². The summed E-state index contributed by atoms with van der Waals surface area (Å²) in [6, 6.07) is 7.56. The molecule has 3 N–H and O–H groups in total. The number of carbonyl (C=O) groups is 1. The Morgan fingerprint density at radius 2 is 1.95 bits per heavy atom. The molecule has 4 heteroatoms. The zero-order chi connectivity index (χ0) is 15.7. The molecule has 118 valence electrons. The van der Waals surface area contributed by atoms with Gasteiger partial charge >= 0.3 is 0 Å². The number of carbonyl (C=O) groups excluding carboxylic acids is 1. The third-order valence-corrected chi connectivity index (χ3v) is 3.26. The van der Waals surface area contributed by atoms with E-state index < -0.39 is 0 Å². The van der Waals surface area contributed by atoms with Crippen molar-refractivity contribution in [1.82, 2.24) is 0 Å². The van der Waals surface area contributed by atoms with E-state index in [0.717, 1.165) is 24.3 Å². The van der Waals surface area contributed by atoms with E-state index in [4.69, 9.17) is 10.5 Å². The highest BCUT2D eigenvalue weighted by Gasteiger charge is 2.10. The summed E-state index contributed by atoms with van der Waals surface area (Å²) in [6.07, 6.45) is 2.33. The standard InChI is InChI=1S/C17H28N2O2/c1-13(2)12-21-16-7-5-4-6-15(16)19-17(20)9-8-14(3)10-11-18/h4-7,13-14H,8-12,18H2,1-3H3,(H,19,20). The monoisotopic (exact) mass is 292 g/mol. The molecule has 21 heavy (non-hydrogen) atoms. The molecule has 0 aliphatic heterocycles. The van der Waals surface area contributed by atoms with E-state index in [1.54, 1.807) is 0 Å². The Hall–Kier alpha value is -1.55. The number of ether oxygens (including phenoxy) is 1. The number of hydrogen-bond acceptors (Lipinski definition) is 3. The number of nitrogens with two attached hydrogens (primary N) is 1. The zero-order valence-corrected chi connectivity index (χ0v) is 13.4. The molecule has 0 aliphatic carbocycles. The molecule has 0 radical (unpaired) electrons. The highest BCUT2D eigenvalue weighted by molar-refractivity contribution is 5.92. The average Bonchev–Trinajstić information content (AvgIpc) is 2.44. The predicted octanol–water partition coefficient (Wildman–Crippen LogP) is 3.43. The summed E-state index contributed by atoms with van der Waals surface area (Å²) in [6.45, 7) is 7.63. The van der Waals surface area contributed by atoms with Gasteiger partial charge in [0.15, 0.2) is 0 Å². The van der Waals surface area contributed by atoms with Gasteiger partial charge in [0.05, 0.1) is 12.3 Å². The second-order valence-corrected chi connectivity index (χ2v) is 5.97. The number of anilines is 1. The smallest absolute Gasteiger partial charge is 0.224 e. The summed E-state index contributed by atoms with van der Waals surface area (Å²) in [5, 5.41) is 2.94. The lowest BCUT2D eigenvalue weighted by molar-refractivity contribution is -0.116. The van der Waals surface area contributed by atoms with Gasteiger partial charge in [-0.1, -0.05) is 32.9 Å². The lowest BCUT2D eigenvalue weighted by Gasteiger charge is -2.14. The molecule has 1 unspecified atom stereocenters. The van der Waals surface area contributed by atoms with Crippen LogP contribution in [0.1, 0.15) is 40.0 Å². The maximum Gasteiger partial charge on any atom is 0.224 e. The van der Waals surface area contributed by atoms with Crippen LogP contribution in [0.4, 0.5) is 5.69 Å². The van der Waals surface area contributed by atoms with E-state index in [-0.39, 0.29) is 5.91 Å². The largest absolute Gasteiger partial charge is 0.491 e. The SMILES string of the molecule is CC(C)COc1ccccc1NC(=O)CCC(C)CCN. The number of nitrogens with one attached hydrogen (secondary N) is 1. The fourth-order valence-electron chi connectivity index (χ4n) is 1.97. The number of amides is 1. The fourth-order valence-corrected chi connectivity index (χ4v) is 1.97. The highest BCUT2D eigenvalue weighted by atomic mass is 16.5. The predicted molar refractivity (Wildman–Crippen MR) is 87.5 cm³/mol. The minimum absolute atomic E-state index is 0.0273. The summed E-state index contributed by atoms with van der Waals surface area (Å²) in [7, 11) is 0. The van der Waals surface area contributed by atoms with Crippen LogP contribution in [0.5, 0.6) is 5.75 Å². The Balaban J connectivity index is 2.51. The Morgan fingerprint density at radius 1 is 1.24 bits per heavy atom. The third kappa shape index (κ3) is 7.14. The molecule has 1 aromatic carbocycles. The van der Waals surface area contributed by atoms with Crippen molar-refractivity contribution >= 4 is 11.6 Å². The lowest BCUT2D eigenvalue weighted by Crippen LogP contribution is -2.15. The molecule has 0 saturated carbocycles. The van der Waals surface area contributed by atoms with Gasteiger partial charge in [0.2, 0.25) is 5.91 Å². The Bertz CT molecular complexity index is 433. The number of benzene rings is 1. The van der Waals surface area contributed by atoms with Crippen LogP contribution in [0, 0.1) is 11.8 Å². The first kappa shape index (κ1) is 17.5. The van der Waals surface area contributed by atoms with E-state index in [9.17, 15) is 4.79 Å². The average molecular weight is 292 g/mol. The normalized spacial score (nSPS) is 12.2. The Labute approximate surface area is 128 Å². The summed E-state index contributed by atoms with van der Waals surface area (Å²) < 4.78 is 5.73. The van der Waals surface area contributed by atoms with Crippen molar-refractivity contribution in [3.8, 4) is 5.75 Å². The molecular formula is C17H28N2O2. The van der Waals surface area contributed by atoms with E-state index in [2.05, 4.69) is 26.1 Å². The van der Waals surface area contributed by atoms with Crippen LogP contribution in [0.2, 0.25) is 0 Å². The lowest BCUT2D eigenvalue weighted by atomic mass is 10.0. The summed E-state index contributed by atoms with van der Waals surface area (Å²) >= 11 is 0. The van der Waals surface area contributed by atoms with E-state index in [1.807, 2.05) is 24.3 Å². The molecule has 0 saturated heterocycles. The maximum atomic E-state index is 12.0. The second-order valence-electron chi connectivity index (χ2n) is 5.97. The molecule has 1 aromatic rings. The van der Waals surface area contributed by atoms with Gasteiger partial charge in [-0.15, -0.1) is 0 Å². The van der Waals surface area contributed by atoms with Crippen molar-refractivity contribution < 1.29 is 9.53 Å². The van der Waals surface area contributed by atoms with Gasteiger partial charge in [-0.3, -0.25) is 4.79 Å². The van der Waals surface area contributed by atoms with E-state index in [0.29, 0.717) is 31.4 Å². The van der Waals surface area contributed by atoms with Crippen LogP contribution in [0.15, 0.2) is 24.3 Å². The second kappa shape index (κ2) is 9.40. The van der Waals surface area contributed by atoms with Gasteiger partial charge in [-0.25, -0.2) is 0 Å². The van der Waals surface area contributed by atoms with Gasteiger partial charge < -0.3 is 15.8 Å². The third-order valence-electron chi connectivity index (χ3n) is 3.26. The molecule has 0 aromatic heterocycles. The number of rotatable bonds is 9. The molecule has 1 amide bonds. The first-order valence-corrected chi connectivity index (χ1v) is 7.74. The molecular weight excluding hydrogens is 264 g/mol. The molecule has 0 heterocycles. The van der Waals surface area contributed by atoms with Crippen LogP contribution in [0.3, 0.4) is 0 Å². The van der Waals surface area contributed by atoms with Crippen LogP contribution in [0.25, 0.3) is 0 Å². The topological polar surface area (TPSA) is 64.3 Å². The number of para-hydroxylation sites is 2. The molecule has 0 aliphatic rings. The zero-order valence-electron chi connectivity index (χ0n) is 13.4.